The van der Waals surface area contributed by atoms with Gasteiger partial charge in [0, 0.05) is 18.9 Å². The van der Waals surface area contributed by atoms with Gasteiger partial charge in [0.1, 0.15) is 0 Å². The number of thiol groups is 1. The summed E-state index contributed by atoms with van der Waals surface area (Å²) < 4.78 is 0. The standard InChI is InChI=1S/C10H17NO2S/c1-3-8(6-14)5-11-9(12)4-7(2)10(11)13/h7-8,14H,3-6H2,1-2H3. The van der Waals surface area contributed by atoms with Crippen molar-refractivity contribution >= 4 is 24.4 Å². The topological polar surface area (TPSA) is 37.4 Å². The number of carbonyl (C=O) groups is 2. The zero-order chi connectivity index (χ0) is 10.7. The van der Waals surface area contributed by atoms with Crippen LogP contribution in [0.2, 0.25) is 0 Å². The van der Waals surface area contributed by atoms with Crippen LogP contribution in [-0.2, 0) is 9.59 Å². The highest BCUT2D eigenvalue weighted by Crippen LogP contribution is 2.21. The number of rotatable bonds is 4. The molecule has 1 fully saturated rings. The number of imide groups is 1. The first-order chi connectivity index (χ1) is 6.60. The van der Waals surface area contributed by atoms with Gasteiger partial charge in [-0.2, -0.15) is 12.6 Å². The first-order valence-electron chi connectivity index (χ1n) is 5.05. The van der Waals surface area contributed by atoms with Gasteiger partial charge in [0.15, 0.2) is 0 Å². The third-order valence-corrected chi connectivity index (χ3v) is 3.26. The molecule has 1 aliphatic heterocycles. The lowest BCUT2D eigenvalue weighted by molar-refractivity contribution is -0.139. The molecule has 4 heteroatoms. The quantitative estimate of drug-likeness (QED) is 0.567. The highest BCUT2D eigenvalue weighted by atomic mass is 32.1. The van der Waals surface area contributed by atoms with Crippen LogP contribution in [0.5, 0.6) is 0 Å². The number of hydrogen-bond acceptors (Lipinski definition) is 3. The number of likely N-dealkylation sites (tertiary alicyclic amines) is 1. The van der Waals surface area contributed by atoms with Crippen molar-refractivity contribution in [2.24, 2.45) is 11.8 Å². The molecule has 14 heavy (non-hydrogen) atoms. The second-order valence-corrected chi connectivity index (χ2v) is 4.27. The van der Waals surface area contributed by atoms with Crippen LogP contribution in [0.3, 0.4) is 0 Å². The van der Waals surface area contributed by atoms with Gasteiger partial charge in [-0.1, -0.05) is 20.3 Å². The monoisotopic (exact) mass is 215 g/mol. The van der Waals surface area contributed by atoms with Crippen molar-refractivity contribution < 1.29 is 9.59 Å². The summed E-state index contributed by atoms with van der Waals surface area (Å²) in [6.45, 7) is 4.40. The average Bonchev–Trinajstić information content (AvgIpc) is 2.40. The summed E-state index contributed by atoms with van der Waals surface area (Å²) in [7, 11) is 0. The second kappa shape index (κ2) is 4.82. The molecule has 1 saturated heterocycles. The second-order valence-electron chi connectivity index (χ2n) is 3.90. The van der Waals surface area contributed by atoms with E-state index in [1.807, 2.05) is 6.92 Å². The minimum Gasteiger partial charge on any atom is -0.282 e. The van der Waals surface area contributed by atoms with Crippen LogP contribution < -0.4 is 0 Å². The Hall–Kier alpha value is -0.510. The van der Waals surface area contributed by atoms with Gasteiger partial charge in [0.05, 0.1) is 0 Å². The van der Waals surface area contributed by atoms with Crippen molar-refractivity contribution in [3.8, 4) is 0 Å². The molecule has 0 aromatic heterocycles. The van der Waals surface area contributed by atoms with Crippen molar-refractivity contribution in [3.05, 3.63) is 0 Å². The fourth-order valence-corrected chi connectivity index (χ4v) is 1.99. The Morgan fingerprint density at radius 2 is 2.21 bits per heavy atom. The fourth-order valence-electron chi connectivity index (χ4n) is 1.61. The molecular formula is C10H17NO2S. The van der Waals surface area contributed by atoms with E-state index < -0.39 is 0 Å². The molecular weight excluding hydrogens is 198 g/mol. The van der Waals surface area contributed by atoms with E-state index in [0.717, 1.165) is 12.2 Å². The Bertz CT molecular complexity index is 238. The molecule has 80 valence electrons. The zero-order valence-corrected chi connectivity index (χ0v) is 9.59. The minimum absolute atomic E-state index is 0.0183. The van der Waals surface area contributed by atoms with E-state index in [1.165, 1.54) is 4.90 Å². The molecule has 0 saturated carbocycles. The average molecular weight is 215 g/mol. The van der Waals surface area contributed by atoms with Gasteiger partial charge in [0.2, 0.25) is 11.8 Å². The van der Waals surface area contributed by atoms with E-state index in [-0.39, 0.29) is 17.7 Å². The molecule has 3 nitrogen and oxygen atoms in total. The van der Waals surface area contributed by atoms with Gasteiger partial charge in [-0.15, -0.1) is 0 Å². The summed E-state index contributed by atoms with van der Waals surface area (Å²) in [6, 6.07) is 0. The van der Waals surface area contributed by atoms with E-state index >= 15 is 0 Å². The maximum absolute atomic E-state index is 11.6. The van der Waals surface area contributed by atoms with E-state index in [1.54, 1.807) is 0 Å². The van der Waals surface area contributed by atoms with Crippen LogP contribution in [0.25, 0.3) is 0 Å². The lowest BCUT2D eigenvalue weighted by Crippen LogP contribution is -2.35. The molecule has 2 amide bonds. The Labute approximate surface area is 90.3 Å². The van der Waals surface area contributed by atoms with Gasteiger partial charge >= 0.3 is 0 Å². The van der Waals surface area contributed by atoms with E-state index in [4.69, 9.17) is 0 Å². The van der Waals surface area contributed by atoms with Crippen LogP contribution in [-0.4, -0.2) is 29.0 Å². The largest absolute Gasteiger partial charge is 0.282 e. The minimum atomic E-state index is -0.125. The lowest BCUT2D eigenvalue weighted by atomic mass is 10.1. The summed E-state index contributed by atoms with van der Waals surface area (Å²) in [5.74, 6) is 0.886. The highest BCUT2D eigenvalue weighted by Gasteiger charge is 2.36. The summed E-state index contributed by atoms with van der Waals surface area (Å²) in [5.41, 5.74) is 0. The van der Waals surface area contributed by atoms with Crippen molar-refractivity contribution in [1.82, 2.24) is 4.90 Å². The Balaban J connectivity index is 2.59. The SMILES string of the molecule is CCC(CS)CN1C(=O)CC(C)C1=O. The number of hydrogen-bond donors (Lipinski definition) is 1. The van der Waals surface area contributed by atoms with Crippen molar-refractivity contribution in [2.75, 3.05) is 12.3 Å². The molecule has 0 aromatic carbocycles. The van der Waals surface area contributed by atoms with Crippen LogP contribution in [0.4, 0.5) is 0 Å². The summed E-state index contributed by atoms with van der Waals surface area (Å²) >= 11 is 4.20. The molecule has 0 aromatic rings. The van der Waals surface area contributed by atoms with Crippen LogP contribution in [0.15, 0.2) is 0 Å². The van der Waals surface area contributed by atoms with Crippen LogP contribution >= 0.6 is 12.6 Å². The third kappa shape index (κ3) is 2.29. The predicted molar refractivity (Wildman–Crippen MR) is 58.1 cm³/mol. The fraction of sp³-hybridized carbons (Fsp3) is 0.800. The zero-order valence-electron chi connectivity index (χ0n) is 8.69. The maximum Gasteiger partial charge on any atom is 0.232 e. The van der Waals surface area contributed by atoms with Crippen LogP contribution in [0.1, 0.15) is 26.7 Å². The van der Waals surface area contributed by atoms with Gasteiger partial charge in [-0.05, 0) is 11.7 Å². The first-order valence-corrected chi connectivity index (χ1v) is 5.68. The third-order valence-electron chi connectivity index (χ3n) is 2.75. The molecule has 0 radical (unpaired) electrons. The Morgan fingerprint density at radius 3 is 2.57 bits per heavy atom. The molecule has 1 aliphatic rings. The first kappa shape index (κ1) is 11.6. The van der Waals surface area contributed by atoms with E-state index in [9.17, 15) is 9.59 Å². The summed E-state index contributed by atoms with van der Waals surface area (Å²) in [4.78, 5) is 24.4. The van der Waals surface area contributed by atoms with Crippen LogP contribution in [0, 0.1) is 11.8 Å². The van der Waals surface area contributed by atoms with Gasteiger partial charge < -0.3 is 0 Å². The van der Waals surface area contributed by atoms with Crippen molar-refractivity contribution in [2.45, 2.75) is 26.7 Å². The normalized spacial score (nSPS) is 24.5. The van der Waals surface area contributed by atoms with Gasteiger partial charge in [0.25, 0.3) is 0 Å². The smallest absolute Gasteiger partial charge is 0.232 e. The van der Waals surface area contributed by atoms with Crippen molar-refractivity contribution in [3.63, 3.8) is 0 Å². The summed E-state index contributed by atoms with van der Waals surface area (Å²) in [6.07, 6.45) is 1.33. The molecule has 0 N–H and O–H groups in total. The molecule has 1 rings (SSSR count). The molecule has 2 atom stereocenters. The number of carbonyl (C=O) groups excluding carboxylic acids is 2. The van der Waals surface area contributed by atoms with E-state index in [2.05, 4.69) is 19.6 Å². The summed E-state index contributed by atoms with van der Waals surface area (Å²) in [5, 5.41) is 0. The number of amides is 2. The van der Waals surface area contributed by atoms with Gasteiger partial charge in [-0.25, -0.2) is 0 Å². The molecule has 1 heterocycles. The predicted octanol–water partition coefficient (Wildman–Crippen LogP) is 1.34. The molecule has 0 aliphatic carbocycles. The Kier molecular flexibility index (Phi) is 3.98. The maximum atomic E-state index is 11.6. The number of nitrogens with zero attached hydrogens (tertiary/aromatic N) is 1. The lowest BCUT2D eigenvalue weighted by Gasteiger charge is -2.20. The van der Waals surface area contributed by atoms with E-state index in [0.29, 0.717) is 18.9 Å². The highest BCUT2D eigenvalue weighted by molar-refractivity contribution is 7.80. The molecule has 0 bridgehead atoms. The van der Waals surface area contributed by atoms with Gasteiger partial charge in [-0.3, -0.25) is 14.5 Å². The van der Waals surface area contributed by atoms with Crippen molar-refractivity contribution in [1.29, 1.82) is 0 Å². The molecule has 0 spiro atoms. The Morgan fingerprint density at radius 1 is 1.57 bits per heavy atom. The molecule has 2 unspecified atom stereocenters.